The molecule has 0 spiro atoms. The number of rotatable bonds is 22. The van der Waals surface area contributed by atoms with E-state index in [1.54, 1.807) is 0 Å². The topological polar surface area (TPSA) is 52.3 Å². The summed E-state index contributed by atoms with van der Waals surface area (Å²) in [6.07, 6.45) is 23.8. The average molecular weight is 384 g/mol. The number of amides is 1. The third-order valence-electron chi connectivity index (χ3n) is 5.41. The minimum absolute atomic E-state index is 0.0385. The Morgan fingerprint density at radius 2 is 1.07 bits per heavy atom. The van der Waals surface area contributed by atoms with E-state index in [1.165, 1.54) is 96.3 Å². The molecule has 0 heterocycles. The Balaban J connectivity index is 3.58. The number of hydrogen-bond acceptors (Lipinski definition) is 2. The molecule has 0 radical (unpaired) electrons. The van der Waals surface area contributed by atoms with E-state index in [0.29, 0.717) is 6.42 Å². The molecule has 1 atom stereocenters. The van der Waals surface area contributed by atoms with Crippen LogP contribution in [-0.4, -0.2) is 18.6 Å². The predicted molar refractivity (Wildman–Crippen MR) is 118 cm³/mol. The molecule has 0 aromatic heterocycles. The number of primary amides is 1. The van der Waals surface area contributed by atoms with E-state index < -0.39 is 0 Å². The van der Waals surface area contributed by atoms with E-state index >= 15 is 0 Å². The van der Waals surface area contributed by atoms with E-state index in [-0.39, 0.29) is 12.0 Å². The van der Waals surface area contributed by atoms with Gasteiger partial charge in [0.1, 0.15) is 0 Å². The van der Waals surface area contributed by atoms with Gasteiger partial charge < -0.3 is 10.5 Å². The lowest BCUT2D eigenvalue weighted by atomic mass is 10.0. The van der Waals surface area contributed by atoms with Gasteiger partial charge in [-0.25, -0.2) is 0 Å². The second-order valence-corrected chi connectivity index (χ2v) is 8.26. The predicted octanol–water partition coefficient (Wildman–Crippen LogP) is 7.31. The van der Waals surface area contributed by atoms with Gasteiger partial charge in [-0.3, -0.25) is 4.79 Å². The lowest BCUT2D eigenvalue weighted by Gasteiger charge is -2.16. The standard InChI is InChI=1S/C24H49NO2/c1-3-5-7-9-11-13-14-16-18-20-23(22-24(25)26)27-21-19-17-15-12-10-8-6-4-2/h23H,3-22H2,1-2H3,(H2,25,26)/t23-/m1/s1. The van der Waals surface area contributed by atoms with E-state index in [0.717, 1.165) is 25.9 Å². The van der Waals surface area contributed by atoms with Crippen LogP contribution in [0.3, 0.4) is 0 Å². The Labute approximate surface area is 170 Å². The molecular formula is C24H49NO2. The summed E-state index contributed by atoms with van der Waals surface area (Å²) in [6.45, 7) is 5.30. The molecule has 1 amide bonds. The Kier molecular flexibility index (Phi) is 21.3. The van der Waals surface area contributed by atoms with Gasteiger partial charge in [-0.05, 0) is 12.8 Å². The molecule has 0 saturated carbocycles. The van der Waals surface area contributed by atoms with Crippen LogP contribution in [0, 0.1) is 0 Å². The van der Waals surface area contributed by atoms with Crippen molar-refractivity contribution in [1.29, 1.82) is 0 Å². The van der Waals surface area contributed by atoms with E-state index in [4.69, 9.17) is 10.5 Å². The van der Waals surface area contributed by atoms with Crippen molar-refractivity contribution in [2.24, 2.45) is 5.73 Å². The van der Waals surface area contributed by atoms with Crippen molar-refractivity contribution < 1.29 is 9.53 Å². The second-order valence-electron chi connectivity index (χ2n) is 8.26. The van der Waals surface area contributed by atoms with Crippen molar-refractivity contribution in [3.63, 3.8) is 0 Å². The first-order valence-corrected chi connectivity index (χ1v) is 12.1. The van der Waals surface area contributed by atoms with Crippen LogP contribution in [0.4, 0.5) is 0 Å². The average Bonchev–Trinajstić information content (AvgIpc) is 2.64. The molecule has 0 aromatic carbocycles. The van der Waals surface area contributed by atoms with E-state index in [9.17, 15) is 4.79 Å². The summed E-state index contributed by atoms with van der Waals surface area (Å²) in [5.74, 6) is -0.230. The van der Waals surface area contributed by atoms with Gasteiger partial charge in [0.15, 0.2) is 0 Å². The van der Waals surface area contributed by atoms with Gasteiger partial charge in [0.2, 0.25) is 5.91 Å². The van der Waals surface area contributed by atoms with Gasteiger partial charge in [0, 0.05) is 6.61 Å². The third-order valence-corrected chi connectivity index (χ3v) is 5.41. The largest absolute Gasteiger partial charge is 0.378 e. The highest BCUT2D eigenvalue weighted by Gasteiger charge is 2.12. The van der Waals surface area contributed by atoms with Crippen LogP contribution in [-0.2, 0) is 9.53 Å². The molecule has 2 N–H and O–H groups in total. The molecule has 0 rings (SSSR count). The summed E-state index contributed by atoms with van der Waals surface area (Å²) in [7, 11) is 0. The molecule has 0 bridgehead atoms. The Hall–Kier alpha value is -0.570. The van der Waals surface area contributed by atoms with Crippen molar-refractivity contribution in [1.82, 2.24) is 0 Å². The molecule has 0 aromatic rings. The quantitative estimate of drug-likeness (QED) is 0.199. The van der Waals surface area contributed by atoms with Gasteiger partial charge in [0.05, 0.1) is 12.5 Å². The number of ether oxygens (including phenoxy) is 1. The van der Waals surface area contributed by atoms with Crippen molar-refractivity contribution >= 4 is 5.91 Å². The van der Waals surface area contributed by atoms with Crippen molar-refractivity contribution in [3.8, 4) is 0 Å². The maximum atomic E-state index is 11.3. The summed E-state index contributed by atoms with van der Waals surface area (Å²) in [4.78, 5) is 11.3. The fourth-order valence-electron chi connectivity index (χ4n) is 3.64. The van der Waals surface area contributed by atoms with E-state index in [1.807, 2.05) is 0 Å². The lowest BCUT2D eigenvalue weighted by Crippen LogP contribution is -2.23. The van der Waals surface area contributed by atoms with Crippen LogP contribution in [0.25, 0.3) is 0 Å². The minimum atomic E-state index is -0.230. The molecule has 162 valence electrons. The first-order valence-electron chi connectivity index (χ1n) is 12.1. The molecule has 0 aliphatic rings. The van der Waals surface area contributed by atoms with Gasteiger partial charge >= 0.3 is 0 Å². The monoisotopic (exact) mass is 383 g/mol. The molecule has 0 unspecified atom stereocenters. The summed E-state index contributed by atoms with van der Waals surface area (Å²) < 4.78 is 5.97. The number of unbranched alkanes of at least 4 members (excludes halogenated alkanes) is 15. The van der Waals surface area contributed by atoms with Crippen LogP contribution >= 0.6 is 0 Å². The van der Waals surface area contributed by atoms with Gasteiger partial charge in [-0.1, -0.05) is 117 Å². The molecule has 0 fully saturated rings. The molecule has 0 saturated heterocycles. The molecule has 0 aliphatic carbocycles. The smallest absolute Gasteiger partial charge is 0.220 e. The summed E-state index contributed by atoms with van der Waals surface area (Å²) in [5, 5.41) is 0. The zero-order valence-electron chi connectivity index (χ0n) is 18.6. The van der Waals surface area contributed by atoms with Gasteiger partial charge in [0.25, 0.3) is 0 Å². The zero-order chi connectivity index (χ0) is 20.0. The molecular weight excluding hydrogens is 334 g/mol. The maximum Gasteiger partial charge on any atom is 0.220 e. The fraction of sp³-hybridized carbons (Fsp3) is 0.958. The fourth-order valence-corrected chi connectivity index (χ4v) is 3.64. The normalized spacial score (nSPS) is 12.4. The van der Waals surface area contributed by atoms with E-state index in [2.05, 4.69) is 13.8 Å². The Morgan fingerprint density at radius 1 is 0.667 bits per heavy atom. The van der Waals surface area contributed by atoms with Crippen LogP contribution in [0.5, 0.6) is 0 Å². The first-order chi connectivity index (χ1) is 13.2. The van der Waals surface area contributed by atoms with Gasteiger partial charge in [-0.2, -0.15) is 0 Å². The summed E-state index contributed by atoms with van der Waals surface area (Å²) in [6, 6.07) is 0. The number of carbonyl (C=O) groups excluding carboxylic acids is 1. The highest BCUT2D eigenvalue weighted by molar-refractivity contribution is 5.74. The second kappa shape index (κ2) is 21.7. The molecule has 3 heteroatoms. The SMILES string of the molecule is CCCCCCCCCCC[C@H](CC(N)=O)OCCCCCCCCCC. The Bertz CT molecular complexity index is 285. The van der Waals surface area contributed by atoms with Crippen molar-refractivity contribution in [2.75, 3.05) is 6.61 Å². The highest BCUT2D eigenvalue weighted by atomic mass is 16.5. The lowest BCUT2D eigenvalue weighted by molar-refractivity contribution is -0.121. The molecule has 27 heavy (non-hydrogen) atoms. The number of carbonyl (C=O) groups is 1. The molecule has 0 aliphatic heterocycles. The minimum Gasteiger partial charge on any atom is -0.378 e. The number of nitrogens with two attached hydrogens (primary N) is 1. The van der Waals surface area contributed by atoms with Gasteiger partial charge in [-0.15, -0.1) is 0 Å². The van der Waals surface area contributed by atoms with Crippen LogP contribution < -0.4 is 5.73 Å². The number of hydrogen-bond donors (Lipinski definition) is 1. The zero-order valence-corrected chi connectivity index (χ0v) is 18.6. The highest BCUT2D eigenvalue weighted by Crippen LogP contribution is 2.15. The Morgan fingerprint density at radius 3 is 1.52 bits per heavy atom. The van der Waals surface area contributed by atoms with Crippen molar-refractivity contribution in [3.05, 3.63) is 0 Å². The summed E-state index contributed by atoms with van der Waals surface area (Å²) in [5.41, 5.74) is 5.39. The maximum absolute atomic E-state index is 11.3. The van der Waals surface area contributed by atoms with Crippen LogP contribution in [0.2, 0.25) is 0 Å². The van der Waals surface area contributed by atoms with Crippen LogP contribution in [0.15, 0.2) is 0 Å². The van der Waals surface area contributed by atoms with Crippen LogP contribution in [0.1, 0.15) is 136 Å². The molecule has 3 nitrogen and oxygen atoms in total. The van der Waals surface area contributed by atoms with Crippen molar-refractivity contribution in [2.45, 2.75) is 142 Å². The summed E-state index contributed by atoms with van der Waals surface area (Å²) >= 11 is 0. The third kappa shape index (κ3) is 21.6. The first kappa shape index (κ1) is 26.4.